The highest BCUT2D eigenvalue weighted by Crippen LogP contribution is 2.36. The fourth-order valence-corrected chi connectivity index (χ4v) is 5.11. The summed E-state index contributed by atoms with van der Waals surface area (Å²) < 4.78 is 6.18. The summed E-state index contributed by atoms with van der Waals surface area (Å²) in [4.78, 5) is 7.47. The van der Waals surface area contributed by atoms with Crippen LogP contribution in [0.5, 0.6) is 5.75 Å². The molecule has 0 spiro atoms. The van der Waals surface area contributed by atoms with Gasteiger partial charge in [-0.05, 0) is 76.2 Å². The number of likely N-dealkylation sites (tertiary alicyclic amines) is 1. The fourth-order valence-electron chi connectivity index (χ4n) is 5.11. The van der Waals surface area contributed by atoms with E-state index in [0.29, 0.717) is 6.04 Å². The van der Waals surface area contributed by atoms with Crippen molar-refractivity contribution in [2.75, 3.05) is 31.6 Å². The molecule has 5 nitrogen and oxygen atoms in total. The van der Waals surface area contributed by atoms with Gasteiger partial charge >= 0.3 is 0 Å². The molecular weight excluding hydrogens is 386 g/mol. The highest BCUT2D eigenvalue weighted by atomic mass is 16.5. The average Bonchev–Trinajstić information content (AvgIpc) is 3.43. The van der Waals surface area contributed by atoms with Crippen molar-refractivity contribution in [2.24, 2.45) is 0 Å². The van der Waals surface area contributed by atoms with Crippen LogP contribution in [-0.4, -0.2) is 53.4 Å². The number of nitrogens with zero attached hydrogens (tertiary/aromatic N) is 2. The molecule has 0 radical (unpaired) electrons. The standard InChI is InChI=1S/C26H33N3O2/c1-18-15-22-24(17-25(18)31-14-6-13-29-11-4-5-12-29)28-23-8-3-2-7-21(23)26(22)27-19-9-10-20(30)16-19/h2-3,7-8,15,17,19-20,30H,4-6,9-14,16H2,1H3,(H,27,28)/t19-,20+/m1/s1. The number of para-hydroxylation sites is 1. The molecule has 3 aromatic rings. The number of anilines is 1. The van der Waals surface area contributed by atoms with Crippen molar-refractivity contribution in [1.82, 2.24) is 9.88 Å². The second-order valence-corrected chi connectivity index (χ2v) is 9.20. The van der Waals surface area contributed by atoms with E-state index in [9.17, 15) is 5.11 Å². The van der Waals surface area contributed by atoms with E-state index in [0.717, 1.165) is 77.6 Å². The second kappa shape index (κ2) is 9.01. The Morgan fingerprint density at radius 2 is 1.94 bits per heavy atom. The lowest BCUT2D eigenvalue weighted by molar-refractivity contribution is 0.182. The zero-order chi connectivity index (χ0) is 21.2. The maximum absolute atomic E-state index is 9.98. The molecule has 2 aliphatic rings. The summed E-state index contributed by atoms with van der Waals surface area (Å²) in [7, 11) is 0. The second-order valence-electron chi connectivity index (χ2n) is 9.20. The first kappa shape index (κ1) is 20.5. The summed E-state index contributed by atoms with van der Waals surface area (Å²) in [6, 6.07) is 12.9. The smallest absolute Gasteiger partial charge is 0.124 e. The van der Waals surface area contributed by atoms with Crippen LogP contribution in [0.2, 0.25) is 0 Å². The van der Waals surface area contributed by atoms with Gasteiger partial charge in [0.2, 0.25) is 0 Å². The molecule has 1 aliphatic carbocycles. The molecular formula is C26H33N3O2. The van der Waals surface area contributed by atoms with Gasteiger partial charge in [0.05, 0.1) is 29.4 Å². The number of aliphatic hydroxyl groups is 1. The molecule has 1 saturated carbocycles. The van der Waals surface area contributed by atoms with Crippen molar-refractivity contribution in [3.63, 3.8) is 0 Å². The van der Waals surface area contributed by atoms with Crippen molar-refractivity contribution >= 4 is 27.5 Å². The molecule has 2 heterocycles. The lowest BCUT2D eigenvalue weighted by Crippen LogP contribution is -2.22. The number of benzene rings is 2. The molecule has 2 atom stereocenters. The molecule has 2 N–H and O–H groups in total. The van der Waals surface area contributed by atoms with Crippen LogP contribution in [0, 0.1) is 6.92 Å². The number of pyridine rings is 1. The summed E-state index contributed by atoms with van der Waals surface area (Å²) in [6.45, 7) is 6.45. The van der Waals surface area contributed by atoms with Crippen LogP contribution in [0.25, 0.3) is 21.8 Å². The largest absolute Gasteiger partial charge is 0.493 e. The molecule has 0 amide bonds. The van der Waals surface area contributed by atoms with Crippen molar-refractivity contribution in [2.45, 2.75) is 57.6 Å². The van der Waals surface area contributed by atoms with Gasteiger partial charge in [-0.25, -0.2) is 4.98 Å². The maximum atomic E-state index is 9.98. The molecule has 0 unspecified atom stereocenters. The molecule has 5 heteroatoms. The van der Waals surface area contributed by atoms with E-state index < -0.39 is 0 Å². The summed E-state index contributed by atoms with van der Waals surface area (Å²) in [5.41, 5.74) is 4.21. The molecule has 2 aromatic carbocycles. The Bertz CT molecular complexity index is 1060. The average molecular weight is 420 g/mol. The molecule has 0 bridgehead atoms. The first-order valence-corrected chi connectivity index (χ1v) is 11.8. The Kier molecular flexibility index (Phi) is 5.97. The third kappa shape index (κ3) is 4.48. The third-order valence-electron chi connectivity index (χ3n) is 6.81. The Morgan fingerprint density at radius 1 is 1.10 bits per heavy atom. The molecule has 1 aromatic heterocycles. The Labute approximate surface area is 184 Å². The van der Waals surface area contributed by atoms with Gasteiger partial charge in [0.15, 0.2) is 0 Å². The SMILES string of the molecule is Cc1cc2c(N[C@@H]3CC[C@H](O)C3)c3ccccc3nc2cc1OCCCN1CCCC1. The first-order valence-electron chi connectivity index (χ1n) is 11.8. The number of ether oxygens (including phenoxy) is 1. The Morgan fingerprint density at radius 3 is 2.74 bits per heavy atom. The highest BCUT2D eigenvalue weighted by Gasteiger charge is 2.24. The summed E-state index contributed by atoms with van der Waals surface area (Å²) >= 11 is 0. The Balaban J connectivity index is 1.41. The molecule has 1 saturated heterocycles. The van der Waals surface area contributed by atoms with Crippen LogP contribution in [0.15, 0.2) is 36.4 Å². The highest BCUT2D eigenvalue weighted by molar-refractivity contribution is 6.08. The van der Waals surface area contributed by atoms with Gasteiger partial charge in [-0.15, -0.1) is 0 Å². The Hall–Kier alpha value is -2.37. The number of fused-ring (bicyclic) bond motifs is 2. The van der Waals surface area contributed by atoms with Gasteiger partial charge < -0.3 is 20.1 Å². The number of aryl methyl sites for hydroxylation is 1. The minimum atomic E-state index is -0.195. The molecule has 1 aliphatic heterocycles. The van der Waals surface area contributed by atoms with Gasteiger partial charge in [0, 0.05) is 29.4 Å². The van der Waals surface area contributed by atoms with Crippen molar-refractivity contribution in [3.8, 4) is 5.75 Å². The van der Waals surface area contributed by atoms with E-state index >= 15 is 0 Å². The van der Waals surface area contributed by atoms with Crippen LogP contribution in [0.1, 0.15) is 44.1 Å². The van der Waals surface area contributed by atoms with E-state index in [1.54, 1.807) is 0 Å². The quantitative estimate of drug-likeness (QED) is 0.422. The van der Waals surface area contributed by atoms with Crippen LogP contribution in [0.3, 0.4) is 0 Å². The van der Waals surface area contributed by atoms with Gasteiger partial charge in [0.25, 0.3) is 0 Å². The minimum Gasteiger partial charge on any atom is -0.493 e. The van der Waals surface area contributed by atoms with Gasteiger partial charge in [-0.1, -0.05) is 18.2 Å². The monoisotopic (exact) mass is 419 g/mol. The summed E-state index contributed by atoms with van der Waals surface area (Å²) in [5, 5.41) is 16.0. The fraction of sp³-hybridized carbons (Fsp3) is 0.500. The maximum Gasteiger partial charge on any atom is 0.124 e. The number of hydrogen-bond acceptors (Lipinski definition) is 5. The minimum absolute atomic E-state index is 0.195. The van der Waals surface area contributed by atoms with Gasteiger partial charge in [0.1, 0.15) is 5.75 Å². The predicted octanol–water partition coefficient (Wildman–Crippen LogP) is 4.89. The van der Waals surface area contributed by atoms with Crippen molar-refractivity contribution in [3.05, 3.63) is 42.0 Å². The van der Waals surface area contributed by atoms with E-state index in [4.69, 9.17) is 9.72 Å². The number of aliphatic hydroxyl groups excluding tert-OH is 1. The number of aromatic nitrogens is 1. The number of hydrogen-bond donors (Lipinski definition) is 2. The summed E-state index contributed by atoms with van der Waals surface area (Å²) in [6.07, 6.45) is 6.19. The topological polar surface area (TPSA) is 57.6 Å². The first-order chi connectivity index (χ1) is 15.2. The lowest BCUT2D eigenvalue weighted by atomic mass is 10.0. The number of rotatable bonds is 7. The van der Waals surface area contributed by atoms with Gasteiger partial charge in [-0.3, -0.25) is 0 Å². The zero-order valence-corrected chi connectivity index (χ0v) is 18.4. The van der Waals surface area contributed by atoms with Crippen molar-refractivity contribution in [1.29, 1.82) is 0 Å². The van der Waals surface area contributed by atoms with Gasteiger partial charge in [-0.2, -0.15) is 0 Å². The van der Waals surface area contributed by atoms with E-state index in [1.807, 2.05) is 6.07 Å². The predicted molar refractivity (Wildman–Crippen MR) is 127 cm³/mol. The zero-order valence-electron chi connectivity index (χ0n) is 18.4. The van der Waals surface area contributed by atoms with Crippen molar-refractivity contribution < 1.29 is 9.84 Å². The van der Waals surface area contributed by atoms with Crippen LogP contribution < -0.4 is 10.1 Å². The van der Waals surface area contributed by atoms with E-state index in [-0.39, 0.29) is 6.10 Å². The molecule has 31 heavy (non-hydrogen) atoms. The van der Waals surface area contributed by atoms with Crippen LogP contribution in [-0.2, 0) is 0 Å². The summed E-state index contributed by atoms with van der Waals surface area (Å²) in [5.74, 6) is 0.930. The van der Waals surface area contributed by atoms with E-state index in [2.05, 4.69) is 47.5 Å². The van der Waals surface area contributed by atoms with Crippen LogP contribution in [0.4, 0.5) is 5.69 Å². The third-order valence-corrected chi connectivity index (χ3v) is 6.81. The molecule has 164 valence electrons. The normalized spacial score (nSPS) is 21.9. The lowest BCUT2D eigenvalue weighted by Gasteiger charge is -2.19. The van der Waals surface area contributed by atoms with E-state index in [1.165, 1.54) is 25.9 Å². The van der Waals surface area contributed by atoms with Crippen LogP contribution >= 0.6 is 0 Å². The molecule has 2 fully saturated rings. The molecule has 5 rings (SSSR count). The number of nitrogens with one attached hydrogen (secondary N) is 1.